The number of rotatable bonds is 5. The molecule has 0 aliphatic heterocycles. The fraction of sp³-hybridized carbons (Fsp3) is 0. The molecule has 5 heterocycles. The number of aromatic nitrogens is 5. The van der Waals surface area contributed by atoms with Crippen LogP contribution in [-0.4, -0.2) is 24.1 Å². The van der Waals surface area contributed by atoms with Crippen LogP contribution in [0.25, 0.3) is 142 Å². The molecule has 0 unspecified atom stereocenters. The standard InChI is InChI=1S/C61H35N5OS/c1-2-18-38(19-3-1)65-49-27-11-7-22-42(49)55-44(24-14-28-50(55)65)59-62-60(45-25-15-31-54-56(45)43-23-9-13-30-53(43)68-54)64-61(63-59)46-33-32-41-40-21-8-12-29-52(40)67-58(41)57(46)66-48-26-10-6-20-39(48)47-34-36-16-4-5-17-37(36)35-51(47)66/h1-35H. The summed E-state index contributed by atoms with van der Waals surface area (Å²) in [5.41, 5.74) is 10.6. The first-order chi connectivity index (χ1) is 33.7. The Labute approximate surface area is 392 Å². The molecule has 0 aliphatic carbocycles. The molecule has 10 aromatic carbocycles. The number of furan rings is 1. The monoisotopic (exact) mass is 885 g/mol. The second kappa shape index (κ2) is 14.3. The van der Waals surface area contributed by atoms with Crippen molar-refractivity contribution in [2.24, 2.45) is 0 Å². The van der Waals surface area contributed by atoms with Gasteiger partial charge in [-0.15, -0.1) is 11.3 Å². The van der Waals surface area contributed by atoms with E-state index in [-0.39, 0.29) is 0 Å². The van der Waals surface area contributed by atoms with Crippen LogP contribution in [0.2, 0.25) is 0 Å². The molecule has 0 aliphatic rings. The van der Waals surface area contributed by atoms with Crippen molar-refractivity contribution in [1.82, 2.24) is 24.1 Å². The van der Waals surface area contributed by atoms with Crippen molar-refractivity contribution in [2.75, 3.05) is 0 Å². The zero-order valence-electron chi connectivity index (χ0n) is 36.3. The largest absolute Gasteiger partial charge is 0.454 e. The fourth-order valence-corrected chi connectivity index (χ4v) is 12.0. The van der Waals surface area contributed by atoms with Crippen LogP contribution in [0.15, 0.2) is 217 Å². The molecule has 0 saturated carbocycles. The van der Waals surface area contributed by atoms with Crippen LogP contribution in [0.5, 0.6) is 0 Å². The lowest BCUT2D eigenvalue weighted by molar-refractivity contribution is 0.666. The van der Waals surface area contributed by atoms with Crippen molar-refractivity contribution in [3.8, 4) is 45.5 Å². The molecule has 0 saturated heterocycles. The van der Waals surface area contributed by atoms with Gasteiger partial charge in [0, 0.05) is 74.9 Å². The number of para-hydroxylation sites is 4. The lowest BCUT2D eigenvalue weighted by atomic mass is 10.0. The molecule has 0 fully saturated rings. The van der Waals surface area contributed by atoms with Gasteiger partial charge in [0.1, 0.15) is 11.3 Å². The Morgan fingerprint density at radius 3 is 1.75 bits per heavy atom. The van der Waals surface area contributed by atoms with Crippen LogP contribution >= 0.6 is 11.3 Å². The normalized spacial score (nSPS) is 12.1. The molecule has 316 valence electrons. The summed E-state index contributed by atoms with van der Waals surface area (Å²) in [6.07, 6.45) is 0. The minimum Gasteiger partial charge on any atom is -0.454 e. The lowest BCUT2D eigenvalue weighted by Crippen LogP contribution is -2.04. The minimum absolute atomic E-state index is 0.550. The highest BCUT2D eigenvalue weighted by Crippen LogP contribution is 2.46. The van der Waals surface area contributed by atoms with Crippen LogP contribution in [0.3, 0.4) is 0 Å². The number of thiophene rings is 1. The summed E-state index contributed by atoms with van der Waals surface area (Å²) in [5.74, 6) is 1.74. The van der Waals surface area contributed by atoms with Crippen molar-refractivity contribution in [1.29, 1.82) is 0 Å². The van der Waals surface area contributed by atoms with Gasteiger partial charge in [-0.2, -0.15) is 0 Å². The van der Waals surface area contributed by atoms with Crippen LogP contribution in [0.4, 0.5) is 0 Å². The second-order valence-electron chi connectivity index (χ2n) is 17.5. The molecule has 15 rings (SSSR count). The van der Waals surface area contributed by atoms with Gasteiger partial charge < -0.3 is 13.6 Å². The van der Waals surface area contributed by atoms with Crippen LogP contribution in [0.1, 0.15) is 0 Å². The number of fused-ring (bicyclic) bond motifs is 13. The maximum absolute atomic E-state index is 7.04. The van der Waals surface area contributed by atoms with Crippen LogP contribution in [-0.2, 0) is 0 Å². The van der Waals surface area contributed by atoms with Crippen molar-refractivity contribution in [3.05, 3.63) is 212 Å². The van der Waals surface area contributed by atoms with E-state index >= 15 is 0 Å². The molecule has 0 radical (unpaired) electrons. The number of benzene rings is 10. The van der Waals surface area contributed by atoms with E-state index in [1.807, 2.05) is 6.07 Å². The van der Waals surface area contributed by atoms with Crippen LogP contribution < -0.4 is 0 Å². The molecular formula is C61H35N5OS. The zero-order valence-corrected chi connectivity index (χ0v) is 37.1. The van der Waals surface area contributed by atoms with E-state index in [1.54, 1.807) is 11.3 Å². The van der Waals surface area contributed by atoms with E-state index in [1.165, 1.54) is 20.2 Å². The van der Waals surface area contributed by atoms with E-state index in [4.69, 9.17) is 19.4 Å². The molecular weight excluding hydrogens is 851 g/mol. The molecule has 0 atom stereocenters. The molecule has 6 nitrogen and oxygen atoms in total. The highest BCUT2D eigenvalue weighted by molar-refractivity contribution is 7.25. The number of hydrogen-bond acceptors (Lipinski definition) is 5. The zero-order chi connectivity index (χ0) is 44.5. The van der Waals surface area contributed by atoms with Crippen molar-refractivity contribution >= 4 is 108 Å². The summed E-state index contributed by atoms with van der Waals surface area (Å²) >= 11 is 1.79. The predicted octanol–water partition coefficient (Wildman–Crippen LogP) is 16.5. The SMILES string of the molecule is c1ccc(-n2c3ccccc3c3c(-c4nc(-c5ccc6c(oc7ccccc76)c5-n5c6ccccc6c6cc7ccccc7cc65)nc(-c5cccc6sc7ccccc7c56)n4)cccc32)cc1. The Kier molecular flexibility index (Phi) is 7.85. The third kappa shape index (κ3) is 5.36. The smallest absolute Gasteiger partial charge is 0.166 e. The summed E-state index contributed by atoms with van der Waals surface area (Å²) < 4.78 is 14.2. The highest BCUT2D eigenvalue weighted by atomic mass is 32.1. The molecule has 5 aromatic heterocycles. The van der Waals surface area contributed by atoms with Crippen molar-refractivity contribution < 1.29 is 4.42 Å². The molecule has 7 heteroatoms. The van der Waals surface area contributed by atoms with Crippen molar-refractivity contribution in [2.45, 2.75) is 0 Å². The first kappa shape index (κ1) is 37.3. The average molecular weight is 886 g/mol. The van der Waals surface area contributed by atoms with E-state index < -0.39 is 0 Å². The van der Waals surface area contributed by atoms with Crippen LogP contribution in [0, 0.1) is 0 Å². The Balaban J connectivity index is 1.09. The van der Waals surface area contributed by atoms with E-state index in [0.717, 1.165) is 104 Å². The summed E-state index contributed by atoms with van der Waals surface area (Å²) in [6.45, 7) is 0. The quantitative estimate of drug-likeness (QED) is 0.173. The Morgan fingerprint density at radius 2 is 0.941 bits per heavy atom. The number of hydrogen-bond donors (Lipinski definition) is 0. The average Bonchev–Trinajstić information content (AvgIpc) is 4.15. The van der Waals surface area contributed by atoms with Gasteiger partial charge in [0.15, 0.2) is 23.1 Å². The lowest BCUT2D eigenvalue weighted by Gasteiger charge is -2.16. The van der Waals surface area contributed by atoms with E-state index in [2.05, 4.69) is 215 Å². The molecule has 0 spiro atoms. The van der Waals surface area contributed by atoms with Crippen molar-refractivity contribution in [3.63, 3.8) is 0 Å². The predicted molar refractivity (Wildman–Crippen MR) is 282 cm³/mol. The number of nitrogens with zero attached hydrogens (tertiary/aromatic N) is 5. The summed E-state index contributed by atoms with van der Waals surface area (Å²) in [7, 11) is 0. The topological polar surface area (TPSA) is 61.7 Å². The minimum atomic E-state index is 0.550. The van der Waals surface area contributed by atoms with Gasteiger partial charge in [-0.1, -0.05) is 140 Å². The Hall–Kier alpha value is -8.91. The van der Waals surface area contributed by atoms with Gasteiger partial charge in [-0.05, 0) is 83.6 Å². The van der Waals surface area contributed by atoms with Gasteiger partial charge in [0.2, 0.25) is 0 Å². The second-order valence-corrected chi connectivity index (χ2v) is 18.6. The summed E-state index contributed by atoms with van der Waals surface area (Å²) in [4.78, 5) is 16.8. The first-order valence-corrected chi connectivity index (χ1v) is 23.7. The molecule has 15 aromatic rings. The maximum Gasteiger partial charge on any atom is 0.166 e. The van der Waals surface area contributed by atoms with Gasteiger partial charge in [0.25, 0.3) is 0 Å². The van der Waals surface area contributed by atoms with E-state index in [9.17, 15) is 0 Å². The van der Waals surface area contributed by atoms with Gasteiger partial charge in [0.05, 0.1) is 22.1 Å². The molecule has 0 bridgehead atoms. The molecule has 0 N–H and O–H groups in total. The molecule has 68 heavy (non-hydrogen) atoms. The van der Waals surface area contributed by atoms with Gasteiger partial charge in [-0.25, -0.2) is 15.0 Å². The summed E-state index contributed by atoms with van der Waals surface area (Å²) in [5, 5.41) is 11.3. The maximum atomic E-state index is 7.04. The third-order valence-corrected chi connectivity index (χ3v) is 14.9. The van der Waals surface area contributed by atoms with Gasteiger partial charge in [-0.3, -0.25) is 0 Å². The van der Waals surface area contributed by atoms with Gasteiger partial charge >= 0.3 is 0 Å². The third-order valence-electron chi connectivity index (χ3n) is 13.8. The first-order valence-electron chi connectivity index (χ1n) is 22.9. The highest BCUT2D eigenvalue weighted by Gasteiger charge is 2.26. The fourth-order valence-electron chi connectivity index (χ4n) is 10.8. The van der Waals surface area contributed by atoms with E-state index in [0.29, 0.717) is 17.5 Å². The molecule has 0 amide bonds. The summed E-state index contributed by atoms with van der Waals surface area (Å²) in [6, 6.07) is 75.4. The Morgan fingerprint density at radius 1 is 0.353 bits per heavy atom. The Bertz CT molecular complexity index is 4580.